The zero-order valence-corrected chi connectivity index (χ0v) is 10.3. The summed E-state index contributed by atoms with van der Waals surface area (Å²) in [4.78, 5) is 1.47. The highest BCUT2D eigenvalue weighted by Crippen LogP contribution is 2.10. The highest BCUT2D eigenvalue weighted by molar-refractivity contribution is 7.09. The van der Waals surface area contributed by atoms with E-state index in [1.54, 1.807) is 0 Å². The standard InChI is InChI=1S/C12H17N3S/c1-15-11(6-8-14-15)10-13-7-2-4-12-5-3-9-16-12/h3,5-6,8-9,13H,2,4,7,10H2,1H3. The minimum atomic E-state index is 0.904. The largest absolute Gasteiger partial charge is 0.311 e. The number of rotatable bonds is 6. The Balaban J connectivity index is 1.61. The molecule has 0 saturated carbocycles. The molecule has 0 aliphatic carbocycles. The topological polar surface area (TPSA) is 29.9 Å². The fourth-order valence-corrected chi connectivity index (χ4v) is 2.38. The van der Waals surface area contributed by atoms with Gasteiger partial charge in [-0.15, -0.1) is 11.3 Å². The van der Waals surface area contributed by atoms with E-state index in [1.807, 2.05) is 35.3 Å². The Morgan fingerprint density at radius 2 is 2.38 bits per heavy atom. The van der Waals surface area contributed by atoms with E-state index in [1.165, 1.54) is 23.4 Å². The lowest BCUT2D eigenvalue weighted by Crippen LogP contribution is -2.17. The fourth-order valence-electron chi connectivity index (χ4n) is 1.63. The van der Waals surface area contributed by atoms with E-state index in [0.29, 0.717) is 0 Å². The second-order valence-corrected chi connectivity index (χ2v) is 4.84. The molecule has 0 unspecified atom stereocenters. The number of thiophene rings is 1. The highest BCUT2D eigenvalue weighted by atomic mass is 32.1. The molecule has 3 nitrogen and oxygen atoms in total. The lowest BCUT2D eigenvalue weighted by atomic mass is 10.2. The molecule has 2 rings (SSSR count). The summed E-state index contributed by atoms with van der Waals surface area (Å²) in [5, 5.41) is 9.71. The molecule has 0 radical (unpaired) electrons. The monoisotopic (exact) mass is 235 g/mol. The van der Waals surface area contributed by atoms with Crippen molar-refractivity contribution < 1.29 is 0 Å². The van der Waals surface area contributed by atoms with E-state index in [9.17, 15) is 0 Å². The minimum absolute atomic E-state index is 0.904. The molecule has 2 heterocycles. The molecule has 0 saturated heterocycles. The average Bonchev–Trinajstić information content (AvgIpc) is 2.90. The van der Waals surface area contributed by atoms with Crippen molar-refractivity contribution >= 4 is 11.3 Å². The molecule has 4 heteroatoms. The fraction of sp³-hybridized carbons (Fsp3) is 0.417. The summed E-state index contributed by atoms with van der Waals surface area (Å²) < 4.78 is 1.91. The maximum Gasteiger partial charge on any atom is 0.0518 e. The molecule has 0 spiro atoms. The van der Waals surface area contributed by atoms with Crippen molar-refractivity contribution in [3.05, 3.63) is 40.3 Å². The van der Waals surface area contributed by atoms with Crippen molar-refractivity contribution in [2.45, 2.75) is 19.4 Å². The SMILES string of the molecule is Cn1nccc1CNCCCc1cccs1. The second-order valence-electron chi connectivity index (χ2n) is 3.81. The van der Waals surface area contributed by atoms with Crippen LogP contribution in [0.4, 0.5) is 0 Å². The lowest BCUT2D eigenvalue weighted by molar-refractivity contribution is 0.608. The summed E-state index contributed by atoms with van der Waals surface area (Å²) in [6.45, 7) is 1.96. The Bertz CT molecular complexity index is 406. The van der Waals surface area contributed by atoms with Gasteiger partial charge in [-0.1, -0.05) is 6.07 Å². The number of aromatic nitrogens is 2. The minimum Gasteiger partial charge on any atom is -0.311 e. The van der Waals surface area contributed by atoms with Gasteiger partial charge in [0.15, 0.2) is 0 Å². The summed E-state index contributed by atoms with van der Waals surface area (Å²) in [5.41, 5.74) is 1.23. The molecule has 0 fully saturated rings. The Morgan fingerprint density at radius 1 is 1.44 bits per heavy atom. The van der Waals surface area contributed by atoms with Crippen molar-refractivity contribution in [2.75, 3.05) is 6.54 Å². The van der Waals surface area contributed by atoms with Crippen LogP contribution in [0, 0.1) is 0 Å². The molecule has 2 aromatic heterocycles. The van der Waals surface area contributed by atoms with E-state index in [2.05, 4.69) is 27.9 Å². The molecule has 86 valence electrons. The van der Waals surface area contributed by atoms with Crippen LogP contribution in [0.2, 0.25) is 0 Å². The van der Waals surface area contributed by atoms with Gasteiger partial charge in [-0.2, -0.15) is 5.10 Å². The van der Waals surface area contributed by atoms with E-state index >= 15 is 0 Å². The molecular weight excluding hydrogens is 218 g/mol. The van der Waals surface area contributed by atoms with Gasteiger partial charge in [-0.3, -0.25) is 4.68 Å². The van der Waals surface area contributed by atoms with Crippen LogP contribution in [-0.2, 0) is 20.0 Å². The number of nitrogens with one attached hydrogen (secondary N) is 1. The molecule has 1 N–H and O–H groups in total. The predicted molar refractivity (Wildman–Crippen MR) is 67.6 cm³/mol. The molecule has 16 heavy (non-hydrogen) atoms. The van der Waals surface area contributed by atoms with Gasteiger partial charge < -0.3 is 5.32 Å². The van der Waals surface area contributed by atoms with Crippen molar-refractivity contribution in [2.24, 2.45) is 7.05 Å². The van der Waals surface area contributed by atoms with E-state index in [0.717, 1.165) is 13.1 Å². The third-order valence-corrected chi connectivity index (χ3v) is 3.52. The van der Waals surface area contributed by atoms with Crippen LogP contribution in [0.15, 0.2) is 29.8 Å². The summed E-state index contributed by atoms with van der Waals surface area (Å²) in [7, 11) is 1.97. The maximum atomic E-state index is 4.13. The van der Waals surface area contributed by atoms with Crippen LogP contribution in [0.25, 0.3) is 0 Å². The number of nitrogens with zero attached hydrogens (tertiary/aromatic N) is 2. The zero-order chi connectivity index (χ0) is 11.2. The highest BCUT2D eigenvalue weighted by Gasteiger charge is 1.97. The first-order valence-electron chi connectivity index (χ1n) is 5.56. The van der Waals surface area contributed by atoms with Crippen LogP contribution >= 0.6 is 11.3 Å². The van der Waals surface area contributed by atoms with Crippen molar-refractivity contribution in [1.82, 2.24) is 15.1 Å². The number of hydrogen-bond donors (Lipinski definition) is 1. The first kappa shape index (κ1) is 11.4. The van der Waals surface area contributed by atoms with E-state index < -0.39 is 0 Å². The summed E-state index contributed by atoms with van der Waals surface area (Å²) in [6, 6.07) is 6.36. The Kier molecular flexibility index (Phi) is 4.13. The molecule has 0 atom stereocenters. The molecule has 0 amide bonds. The van der Waals surface area contributed by atoms with Crippen LogP contribution in [0.3, 0.4) is 0 Å². The van der Waals surface area contributed by atoms with Gasteiger partial charge in [-0.25, -0.2) is 0 Å². The van der Waals surface area contributed by atoms with Gasteiger partial charge in [-0.05, 0) is 36.9 Å². The van der Waals surface area contributed by atoms with Gasteiger partial charge >= 0.3 is 0 Å². The predicted octanol–water partition coefficient (Wildman–Crippen LogP) is 2.20. The lowest BCUT2D eigenvalue weighted by Gasteiger charge is -2.04. The molecule has 0 aliphatic rings. The van der Waals surface area contributed by atoms with Gasteiger partial charge in [0.25, 0.3) is 0 Å². The zero-order valence-electron chi connectivity index (χ0n) is 9.52. The third kappa shape index (κ3) is 3.18. The van der Waals surface area contributed by atoms with Crippen LogP contribution < -0.4 is 5.32 Å². The van der Waals surface area contributed by atoms with Gasteiger partial charge in [0.05, 0.1) is 5.69 Å². The first-order chi connectivity index (χ1) is 7.86. The van der Waals surface area contributed by atoms with Gasteiger partial charge in [0.2, 0.25) is 0 Å². The quantitative estimate of drug-likeness (QED) is 0.778. The summed E-state index contributed by atoms with van der Waals surface area (Å²) >= 11 is 1.84. The van der Waals surface area contributed by atoms with Crippen LogP contribution in [0.1, 0.15) is 17.0 Å². The van der Waals surface area contributed by atoms with Gasteiger partial charge in [0.1, 0.15) is 0 Å². The summed E-state index contributed by atoms with van der Waals surface area (Å²) in [5.74, 6) is 0. The Hall–Kier alpha value is -1.13. The normalized spacial score (nSPS) is 10.8. The average molecular weight is 235 g/mol. The number of hydrogen-bond acceptors (Lipinski definition) is 3. The van der Waals surface area contributed by atoms with Gasteiger partial charge in [0, 0.05) is 24.7 Å². The Labute approximate surface area is 100 Å². The molecular formula is C12H17N3S. The molecule has 0 aromatic carbocycles. The van der Waals surface area contributed by atoms with Crippen LogP contribution in [0.5, 0.6) is 0 Å². The maximum absolute atomic E-state index is 4.13. The molecule has 2 aromatic rings. The van der Waals surface area contributed by atoms with Crippen LogP contribution in [-0.4, -0.2) is 16.3 Å². The smallest absolute Gasteiger partial charge is 0.0518 e. The first-order valence-corrected chi connectivity index (χ1v) is 6.44. The molecule has 0 bridgehead atoms. The van der Waals surface area contributed by atoms with Crippen molar-refractivity contribution in [3.63, 3.8) is 0 Å². The third-order valence-electron chi connectivity index (χ3n) is 2.59. The van der Waals surface area contributed by atoms with E-state index in [4.69, 9.17) is 0 Å². The van der Waals surface area contributed by atoms with Crippen molar-refractivity contribution in [3.8, 4) is 0 Å². The Morgan fingerprint density at radius 3 is 3.06 bits per heavy atom. The van der Waals surface area contributed by atoms with Crippen molar-refractivity contribution in [1.29, 1.82) is 0 Å². The number of aryl methyl sites for hydroxylation is 2. The van der Waals surface area contributed by atoms with E-state index in [-0.39, 0.29) is 0 Å². The summed E-state index contributed by atoms with van der Waals surface area (Å²) in [6.07, 6.45) is 4.21. The molecule has 0 aliphatic heterocycles. The second kappa shape index (κ2) is 5.82.